The number of rotatable bonds is 4. The zero-order valence-electron chi connectivity index (χ0n) is 9.43. The van der Waals surface area contributed by atoms with E-state index in [9.17, 15) is 9.35 Å². The molecule has 1 aromatic heterocycles. The second-order valence-electron chi connectivity index (χ2n) is 3.27. The van der Waals surface area contributed by atoms with Gasteiger partial charge in [0.05, 0.1) is 6.07 Å². The van der Waals surface area contributed by atoms with Gasteiger partial charge in [-0.25, -0.2) is 4.79 Å². The number of hydrogen-bond donors (Lipinski definition) is 0. The summed E-state index contributed by atoms with van der Waals surface area (Å²) in [6.45, 7) is 1.82. The van der Waals surface area contributed by atoms with Crippen molar-refractivity contribution in [3.63, 3.8) is 0 Å². The topological polar surface area (TPSA) is 78.6 Å². The van der Waals surface area contributed by atoms with Gasteiger partial charge in [0.2, 0.25) is 0 Å². The molecular formula is C9H14N2O4S. The molecule has 0 aliphatic carbocycles. The Morgan fingerprint density at radius 3 is 2.94 bits per heavy atom. The molecule has 0 saturated heterocycles. The summed E-state index contributed by atoms with van der Waals surface area (Å²) < 4.78 is 21.0. The van der Waals surface area contributed by atoms with E-state index >= 15 is 0 Å². The lowest BCUT2D eigenvalue weighted by atomic mass is 10.5. The van der Waals surface area contributed by atoms with Gasteiger partial charge in [-0.1, -0.05) is 0 Å². The molecule has 90 valence electrons. The zero-order chi connectivity index (χ0) is 12.1. The number of hydrogen-bond acceptors (Lipinski definition) is 5. The minimum atomic E-state index is -0.971. The van der Waals surface area contributed by atoms with Crippen LogP contribution in [0.3, 0.4) is 0 Å². The lowest BCUT2D eigenvalue weighted by Gasteiger charge is -2.07. The van der Waals surface area contributed by atoms with Gasteiger partial charge in [0.15, 0.2) is 11.5 Å². The fraction of sp³-hybridized carbons (Fsp3) is 0.556. The first kappa shape index (κ1) is 12.9. The van der Waals surface area contributed by atoms with Crippen molar-refractivity contribution in [1.82, 2.24) is 10.1 Å². The van der Waals surface area contributed by atoms with Gasteiger partial charge in [-0.2, -0.15) is 0 Å². The van der Waals surface area contributed by atoms with Crippen molar-refractivity contribution < 1.29 is 18.6 Å². The van der Waals surface area contributed by atoms with Crippen LogP contribution in [0.25, 0.3) is 0 Å². The van der Waals surface area contributed by atoms with Crippen LogP contribution in [-0.4, -0.2) is 40.6 Å². The third-order valence-corrected chi connectivity index (χ3v) is 2.97. The molecule has 1 amide bonds. The molecule has 1 unspecified atom stereocenters. The molecule has 0 spiro atoms. The zero-order valence-corrected chi connectivity index (χ0v) is 10.2. The summed E-state index contributed by atoms with van der Waals surface area (Å²) >= 11 is -0.971. The van der Waals surface area contributed by atoms with Gasteiger partial charge in [0, 0.05) is 14.1 Å². The molecule has 0 aliphatic rings. The van der Waals surface area contributed by atoms with Gasteiger partial charge in [-0.15, -0.1) is 0 Å². The van der Waals surface area contributed by atoms with Crippen LogP contribution >= 0.6 is 0 Å². The highest BCUT2D eigenvalue weighted by Gasteiger charge is 2.14. The van der Waals surface area contributed by atoms with Gasteiger partial charge in [0.25, 0.3) is 5.88 Å². The maximum Gasteiger partial charge on any atom is 0.416 e. The molecule has 1 aromatic rings. The predicted octanol–water partition coefficient (Wildman–Crippen LogP) is 1.00. The van der Waals surface area contributed by atoms with E-state index in [1.54, 1.807) is 14.1 Å². The van der Waals surface area contributed by atoms with E-state index in [0.717, 1.165) is 0 Å². The summed E-state index contributed by atoms with van der Waals surface area (Å²) in [5, 5.41) is 3.55. The van der Waals surface area contributed by atoms with Crippen LogP contribution in [0.5, 0.6) is 5.88 Å². The number of carbonyl (C=O) groups is 1. The Bertz CT molecular complexity index is 353. The molecule has 1 atom stereocenters. The molecule has 1 rings (SSSR count). The maximum absolute atomic E-state index is 11.2. The molecule has 0 N–H and O–H groups in total. The van der Waals surface area contributed by atoms with Crippen LogP contribution in [0, 0.1) is 0 Å². The van der Waals surface area contributed by atoms with Crippen molar-refractivity contribution in [3.05, 3.63) is 11.8 Å². The molecule has 0 fully saturated rings. The number of ether oxygens (including phenoxy) is 1. The summed E-state index contributed by atoms with van der Waals surface area (Å²) in [5.74, 6) is 1.36. The fourth-order valence-electron chi connectivity index (χ4n) is 0.852. The lowest BCUT2D eigenvalue weighted by Crippen LogP contribution is -2.25. The predicted molar refractivity (Wildman–Crippen MR) is 58.6 cm³/mol. The van der Waals surface area contributed by atoms with E-state index in [-0.39, 0.29) is 11.6 Å². The Labute approximate surface area is 96.7 Å². The van der Waals surface area contributed by atoms with Gasteiger partial charge >= 0.3 is 6.09 Å². The summed E-state index contributed by atoms with van der Waals surface area (Å²) in [6.07, 6.45) is -0.531. The summed E-state index contributed by atoms with van der Waals surface area (Å²) in [6, 6.07) is 1.47. The third-order valence-electron chi connectivity index (χ3n) is 1.72. The van der Waals surface area contributed by atoms with E-state index < -0.39 is 17.3 Å². The molecule has 6 nitrogen and oxygen atoms in total. The number of amides is 1. The Morgan fingerprint density at radius 2 is 2.38 bits per heavy atom. The van der Waals surface area contributed by atoms with E-state index in [2.05, 4.69) is 5.16 Å². The average Bonchev–Trinajstić information content (AvgIpc) is 2.65. The van der Waals surface area contributed by atoms with Crippen LogP contribution in [0.2, 0.25) is 0 Å². The average molecular weight is 246 g/mol. The molecule has 0 radical (unpaired) electrons. The van der Waals surface area contributed by atoms with Gasteiger partial charge in [-0.3, -0.25) is 0 Å². The molecule has 0 bridgehead atoms. The Hall–Kier alpha value is -1.21. The molecule has 7 heteroatoms. The highest BCUT2D eigenvalue weighted by Crippen LogP contribution is 2.14. The van der Waals surface area contributed by atoms with E-state index in [4.69, 9.17) is 9.26 Å². The summed E-state index contributed by atoms with van der Waals surface area (Å²) in [4.78, 5) is 12.4. The maximum atomic E-state index is 11.2. The number of carbonyl (C=O) groups excluding carboxylic acids is 1. The van der Waals surface area contributed by atoms with E-state index in [1.165, 1.54) is 11.0 Å². The van der Waals surface area contributed by atoms with Crippen molar-refractivity contribution in [2.75, 3.05) is 19.8 Å². The SMILES string of the molecule is CC[S+]([O-])Cc1cc(OC(=O)N(C)C)no1. The van der Waals surface area contributed by atoms with Crippen LogP contribution in [-0.2, 0) is 16.9 Å². The van der Waals surface area contributed by atoms with Crippen LogP contribution in [0.4, 0.5) is 4.79 Å². The second-order valence-corrected chi connectivity index (χ2v) is 5.01. The Kier molecular flexibility index (Phi) is 4.63. The summed E-state index contributed by atoms with van der Waals surface area (Å²) in [5.41, 5.74) is 0. The fourth-order valence-corrected chi connectivity index (χ4v) is 1.51. The highest BCUT2D eigenvalue weighted by atomic mass is 32.2. The van der Waals surface area contributed by atoms with Crippen molar-refractivity contribution in [3.8, 4) is 5.88 Å². The van der Waals surface area contributed by atoms with Crippen LogP contribution in [0.15, 0.2) is 10.6 Å². The third kappa shape index (κ3) is 3.74. The van der Waals surface area contributed by atoms with E-state index in [0.29, 0.717) is 11.5 Å². The first-order chi connectivity index (χ1) is 7.52. The van der Waals surface area contributed by atoms with Gasteiger partial charge in [-0.05, 0) is 23.3 Å². The molecule has 1 heterocycles. The van der Waals surface area contributed by atoms with Crippen LogP contribution < -0.4 is 4.74 Å². The monoisotopic (exact) mass is 246 g/mol. The molecule has 16 heavy (non-hydrogen) atoms. The molecular weight excluding hydrogens is 232 g/mol. The Morgan fingerprint density at radius 1 is 1.69 bits per heavy atom. The van der Waals surface area contributed by atoms with Crippen molar-refractivity contribution in [1.29, 1.82) is 0 Å². The number of aromatic nitrogens is 1. The van der Waals surface area contributed by atoms with E-state index in [1.807, 2.05) is 6.92 Å². The molecule has 0 aliphatic heterocycles. The van der Waals surface area contributed by atoms with Crippen molar-refractivity contribution >= 4 is 17.3 Å². The second kappa shape index (κ2) is 5.76. The first-order valence-electron chi connectivity index (χ1n) is 4.72. The lowest BCUT2D eigenvalue weighted by molar-refractivity contribution is 0.167. The molecule has 0 saturated carbocycles. The Balaban J connectivity index is 2.54. The van der Waals surface area contributed by atoms with Crippen LogP contribution in [0.1, 0.15) is 12.7 Å². The minimum Gasteiger partial charge on any atom is -0.616 e. The van der Waals surface area contributed by atoms with Gasteiger partial charge < -0.3 is 18.7 Å². The quantitative estimate of drug-likeness (QED) is 0.741. The van der Waals surface area contributed by atoms with Crippen molar-refractivity contribution in [2.45, 2.75) is 12.7 Å². The standard InChI is InChI=1S/C9H14N2O4S/c1-4-16(13)6-7-5-8(10-15-7)14-9(12)11(2)3/h5H,4,6H2,1-3H3. The van der Waals surface area contributed by atoms with Gasteiger partial charge in [0.1, 0.15) is 5.75 Å². The largest absolute Gasteiger partial charge is 0.616 e. The normalized spacial score (nSPS) is 12.2. The molecule has 0 aromatic carbocycles. The number of nitrogens with zero attached hydrogens (tertiary/aromatic N) is 2. The highest BCUT2D eigenvalue weighted by molar-refractivity contribution is 7.90. The minimum absolute atomic E-state index is 0.0850. The smallest absolute Gasteiger partial charge is 0.416 e. The van der Waals surface area contributed by atoms with Crippen molar-refractivity contribution in [2.24, 2.45) is 0 Å². The summed E-state index contributed by atoms with van der Waals surface area (Å²) in [7, 11) is 3.13. The first-order valence-corrected chi connectivity index (χ1v) is 6.21.